The fraction of sp³-hybridized carbons (Fsp3) is 0.389. The van der Waals surface area contributed by atoms with Crippen LogP contribution < -0.4 is 11.1 Å². The Balaban J connectivity index is 0.000000273. The lowest BCUT2D eigenvalue weighted by molar-refractivity contribution is 0.101. The van der Waals surface area contributed by atoms with E-state index in [-0.39, 0.29) is 28.9 Å². The molecule has 0 bridgehead atoms. The van der Waals surface area contributed by atoms with Crippen LogP contribution in [0.2, 0.25) is 0 Å². The van der Waals surface area contributed by atoms with Crippen molar-refractivity contribution in [1.82, 2.24) is 4.57 Å². The van der Waals surface area contributed by atoms with Gasteiger partial charge in [-0.2, -0.15) is 0 Å². The van der Waals surface area contributed by atoms with Crippen molar-refractivity contribution in [3.8, 4) is 0 Å². The molecular formula is C18H22F3N3O2S. The SMILES string of the molecule is Cn1cc(S)c(F)c1C(=O)Nc1ccc(F)c(F)c1.NC1CCCC1CO. The Labute approximate surface area is 160 Å². The molecule has 9 heteroatoms. The van der Waals surface area contributed by atoms with Gasteiger partial charge in [0.15, 0.2) is 17.5 Å². The Morgan fingerprint density at radius 3 is 2.48 bits per heavy atom. The number of halogens is 3. The Morgan fingerprint density at radius 1 is 1.33 bits per heavy atom. The van der Waals surface area contributed by atoms with E-state index in [1.807, 2.05) is 0 Å². The first-order chi connectivity index (χ1) is 12.7. The first-order valence-corrected chi connectivity index (χ1v) is 8.86. The number of thiol groups is 1. The van der Waals surface area contributed by atoms with Crippen LogP contribution in [0.4, 0.5) is 18.9 Å². The average Bonchev–Trinajstić information content (AvgIpc) is 3.14. The van der Waals surface area contributed by atoms with Gasteiger partial charge in [-0.3, -0.25) is 4.79 Å². The lowest BCUT2D eigenvalue weighted by atomic mass is 10.1. The molecule has 1 saturated carbocycles. The fourth-order valence-corrected chi connectivity index (χ4v) is 3.18. The van der Waals surface area contributed by atoms with E-state index in [1.54, 1.807) is 0 Å². The molecule has 27 heavy (non-hydrogen) atoms. The third-order valence-corrected chi connectivity index (χ3v) is 4.76. The Bertz CT molecular complexity index is 813. The number of amides is 1. The average molecular weight is 401 g/mol. The summed E-state index contributed by atoms with van der Waals surface area (Å²) in [6, 6.07) is 3.14. The van der Waals surface area contributed by atoms with Crippen molar-refractivity contribution in [2.24, 2.45) is 18.7 Å². The summed E-state index contributed by atoms with van der Waals surface area (Å²) in [5, 5.41) is 10.9. The number of hydrogen-bond donors (Lipinski definition) is 4. The molecule has 1 heterocycles. The van der Waals surface area contributed by atoms with Gasteiger partial charge in [0.25, 0.3) is 5.91 Å². The third kappa shape index (κ3) is 5.27. The van der Waals surface area contributed by atoms with E-state index in [0.717, 1.165) is 25.0 Å². The molecule has 0 spiro atoms. The molecule has 1 aromatic heterocycles. The minimum Gasteiger partial charge on any atom is -0.396 e. The molecule has 4 N–H and O–H groups in total. The number of aromatic nitrogens is 1. The topological polar surface area (TPSA) is 80.3 Å². The van der Waals surface area contributed by atoms with Crippen LogP contribution >= 0.6 is 12.6 Å². The summed E-state index contributed by atoms with van der Waals surface area (Å²) in [4.78, 5) is 11.9. The highest BCUT2D eigenvalue weighted by molar-refractivity contribution is 7.80. The van der Waals surface area contributed by atoms with Gasteiger partial charge in [0.1, 0.15) is 5.69 Å². The van der Waals surface area contributed by atoms with Crippen molar-refractivity contribution < 1.29 is 23.1 Å². The highest BCUT2D eigenvalue weighted by atomic mass is 32.1. The van der Waals surface area contributed by atoms with Gasteiger partial charge in [-0.1, -0.05) is 6.42 Å². The Hall–Kier alpha value is -1.97. The molecule has 148 valence electrons. The number of nitrogens with zero attached hydrogens (tertiary/aromatic N) is 1. The second kappa shape index (κ2) is 9.29. The number of benzene rings is 1. The maximum Gasteiger partial charge on any atom is 0.275 e. The van der Waals surface area contributed by atoms with E-state index in [1.165, 1.54) is 30.3 Å². The predicted molar refractivity (Wildman–Crippen MR) is 99.3 cm³/mol. The zero-order valence-corrected chi connectivity index (χ0v) is 15.6. The first kappa shape index (κ1) is 21.3. The highest BCUT2D eigenvalue weighted by Crippen LogP contribution is 2.22. The van der Waals surface area contributed by atoms with Crippen LogP contribution in [0, 0.1) is 23.4 Å². The summed E-state index contributed by atoms with van der Waals surface area (Å²) in [6.45, 7) is 0.279. The first-order valence-electron chi connectivity index (χ1n) is 8.41. The van der Waals surface area contributed by atoms with E-state index in [0.29, 0.717) is 5.92 Å². The van der Waals surface area contributed by atoms with Crippen LogP contribution in [-0.2, 0) is 7.05 Å². The van der Waals surface area contributed by atoms with Crippen molar-refractivity contribution in [1.29, 1.82) is 0 Å². The van der Waals surface area contributed by atoms with E-state index in [4.69, 9.17) is 10.8 Å². The number of aliphatic hydroxyl groups is 1. The fourth-order valence-electron chi connectivity index (χ4n) is 2.90. The quantitative estimate of drug-likeness (QED) is 0.597. The molecule has 1 aromatic carbocycles. The lowest BCUT2D eigenvalue weighted by Crippen LogP contribution is -2.26. The number of anilines is 1. The molecule has 2 atom stereocenters. The van der Waals surface area contributed by atoms with Crippen LogP contribution in [0.15, 0.2) is 29.3 Å². The van der Waals surface area contributed by atoms with Crippen molar-refractivity contribution in [3.05, 3.63) is 47.5 Å². The number of hydrogen-bond acceptors (Lipinski definition) is 4. The van der Waals surface area contributed by atoms with Crippen LogP contribution in [-0.4, -0.2) is 28.2 Å². The van der Waals surface area contributed by atoms with Gasteiger partial charge in [0, 0.05) is 37.6 Å². The lowest BCUT2D eigenvalue weighted by Gasteiger charge is -2.09. The van der Waals surface area contributed by atoms with Crippen molar-refractivity contribution in [2.75, 3.05) is 11.9 Å². The second-order valence-corrected chi connectivity index (χ2v) is 6.89. The zero-order chi connectivity index (χ0) is 20.1. The number of aliphatic hydroxyl groups excluding tert-OH is 1. The van der Waals surface area contributed by atoms with Crippen LogP contribution in [0.5, 0.6) is 0 Å². The van der Waals surface area contributed by atoms with Gasteiger partial charge in [-0.25, -0.2) is 13.2 Å². The molecule has 5 nitrogen and oxygen atoms in total. The maximum atomic E-state index is 13.6. The Morgan fingerprint density at radius 2 is 2.04 bits per heavy atom. The van der Waals surface area contributed by atoms with E-state index >= 15 is 0 Å². The standard InChI is InChI=1S/C12H9F3N2OS.C6H13NO/c1-17-5-9(19)10(15)11(17)12(18)16-6-2-3-7(13)8(14)4-6;7-6-3-1-2-5(6)4-8/h2-5,19H,1H3,(H,16,18);5-6,8H,1-4,7H2. The van der Waals surface area contributed by atoms with Gasteiger partial charge in [-0.05, 0) is 30.9 Å². The van der Waals surface area contributed by atoms with Crippen molar-refractivity contribution in [3.63, 3.8) is 0 Å². The van der Waals surface area contributed by atoms with Crippen LogP contribution in [0.3, 0.4) is 0 Å². The zero-order valence-electron chi connectivity index (χ0n) is 14.8. The van der Waals surface area contributed by atoms with E-state index in [9.17, 15) is 18.0 Å². The third-order valence-electron chi connectivity index (χ3n) is 4.45. The molecule has 0 aliphatic heterocycles. The maximum absolute atomic E-state index is 13.6. The molecule has 0 saturated heterocycles. The van der Waals surface area contributed by atoms with Crippen LogP contribution in [0.1, 0.15) is 29.8 Å². The number of rotatable bonds is 3. The molecule has 0 radical (unpaired) electrons. The predicted octanol–water partition coefficient (Wildman–Crippen LogP) is 3.09. The summed E-state index contributed by atoms with van der Waals surface area (Å²) in [5.41, 5.74) is 5.42. The largest absolute Gasteiger partial charge is 0.396 e. The van der Waals surface area contributed by atoms with Crippen LogP contribution in [0.25, 0.3) is 0 Å². The summed E-state index contributed by atoms with van der Waals surface area (Å²) >= 11 is 3.85. The number of carbonyl (C=O) groups is 1. The summed E-state index contributed by atoms with van der Waals surface area (Å²) in [7, 11) is 1.48. The molecule has 3 rings (SSSR count). The summed E-state index contributed by atoms with van der Waals surface area (Å²) in [5.74, 6) is -3.27. The summed E-state index contributed by atoms with van der Waals surface area (Å²) in [6.07, 6.45) is 4.76. The number of nitrogens with one attached hydrogen (secondary N) is 1. The molecule has 2 unspecified atom stereocenters. The normalized spacial score (nSPS) is 18.8. The van der Waals surface area contributed by atoms with Crippen molar-refractivity contribution >= 4 is 24.2 Å². The number of aryl methyl sites for hydroxylation is 1. The van der Waals surface area contributed by atoms with E-state index < -0.39 is 23.4 Å². The second-order valence-electron chi connectivity index (χ2n) is 6.41. The highest BCUT2D eigenvalue weighted by Gasteiger charge is 2.22. The van der Waals surface area contributed by atoms with E-state index in [2.05, 4.69) is 17.9 Å². The molecule has 2 aromatic rings. The smallest absolute Gasteiger partial charge is 0.275 e. The molecule has 1 aliphatic carbocycles. The minimum atomic E-state index is -1.10. The number of nitrogens with two attached hydrogens (primary N) is 1. The Kier molecular flexibility index (Phi) is 7.34. The molecule has 1 amide bonds. The van der Waals surface area contributed by atoms with Gasteiger partial charge in [0.2, 0.25) is 0 Å². The monoisotopic (exact) mass is 401 g/mol. The van der Waals surface area contributed by atoms with Gasteiger partial charge in [0.05, 0.1) is 4.90 Å². The van der Waals surface area contributed by atoms with Gasteiger partial charge < -0.3 is 20.7 Å². The molecular weight excluding hydrogens is 379 g/mol. The van der Waals surface area contributed by atoms with Gasteiger partial charge >= 0.3 is 0 Å². The summed E-state index contributed by atoms with van der Waals surface area (Å²) < 4.78 is 40.6. The molecule has 1 fully saturated rings. The minimum absolute atomic E-state index is 0.0259. The van der Waals surface area contributed by atoms with Gasteiger partial charge in [-0.15, -0.1) is 12.6 Å². The van der Waals surface area contributed by atoms with Crippen molar-refractivity contribution in [2.45, 2.75) is 30.2 Å². The molecule has 1 aliphatic rings. The number of carbonyl (C=O) groups excluding carboxylic acids is 1.